The Kier molecular flexibility index (Phi) is 8.53. The second-order valence-electron chi connectivity index (χ2n) is 11.5. The van der Waals surface area contributed by atoms with Crippen molar-refractivity contribution < 1.29 is 27.4 Å². The number of hydrogen-bond donors (Lipinski definition) is 0. The highest BCUT2D eigenvalue weighted by molar-refractivity contribution is 5.99. The topological polar surface area (TPSA) is 35.5 Å². The van der Waals surface area contributed by atoms with Crippen molar-refractivity contribution in [3.05, 3.63) is 95.1 Å². The van der Waals surface area contributed by atoms with Gasteiger partial charge in [-0.05, 0) is 110 Å². The fourth-order valence-electron chi connectivity index (χ4n) is 7.05. The molecule has 1 atom stereocenters. The standard InChI is InChI=1S/C34H37F3O3/c1-39-28-15-12-24(13-16-28)14-17-30-32(38)29-10-4-2-7-26(29)9-6-20-33(30)21-18-25(19-22-33)23-27-8-3-5-11-31(27)40-34(35,36)37/h2-5,7-8,10-13,15-16,25,30H,6,9,14,17-23H2,1H3. The van der Waals surface area contributed by atoms with E-state index in [1.54, 1.807) is 25.3 Å². The Hall–Kier alpha value is -3.28. The molecular weight excluding hydrogens is 513 g/mol. The molecule has 212 valence electrons. The van der Waals surface area contributed by atoms with Gasteiger partial charge in [-0.3, -0.25) is 4.79 Å². The van der Waals surface area contributed by atoms with Crippen LogP contribution in [0.4, 0.5) is 13.2 Å². The average Bonchev–Trinajstić information content (AvgIpc) is 2.94. The van der Waals surface area contributed by atoms with E-state index in [0.29, 0.717) is 12.0 Å². The molecule has 40 heavy (non-hydrogen) atoms. The first-order valence-corrected chi connectivity index (χ1v) is 14.3. The van der Waals surface area contributed by atoms with Crippen LogP contribution < -0.4 is 9.47 Å². The molecule has 1 spiro atoms. The monoisotopic (exact) mass is 550 g/mol. The first-order valence-electron chi connectivity index (χ1n) is 14.3. The number of rotatable bonds is 7. The van der Waals surface area contributed by atoms with Gasteiger partial charge in [0, 0.05) is 11.5 Å². The largest absolute Gasteiger partial charge is 0.573 e. The number of aryl methyl sites for hydroxylation is 2. The minimum atomic E-state index is -4.71. The van der Waals surface area contributed by atoms with Crippen LogP contribution in [-0.4, -0.2) is 19.3 Å². The summed E-state index contributed by atoms with van der Waals surface area (Å²) in [5.74, 6) is 1.14. The number of fused-ring (bicyclic) bond motifs is 1. The Labute approximate surface area is 234 Å². The van der Waals surface area contributed by atoms with E-state index in [1.807, 2.05) is 30.3 Å². The van der Waals surface area contributed by atoms with E-state index in [0.717, 1.165) is 74.7 Å². The van der Waals surface area contributed by atoms with Gasteiger partial charge in [0.25, 0.3) is 0 Å². The van der Waals surface area contributed by atoms with Gasteiger partial charge in [0.05, 0.1) is 7.11 Å². The van der Waals surface area contributed by atoms with E-state index in [4.69, 9.17) is 4.74 Å². The highest BCUT2D eigenvalue weighted by Crippen LogP contribution is 2.52. The summed E-state index contributed by atoms with van der Waals surface area (Å²) in [6.07, 6.45) is 4.01. The summed E-state index contributed by atoms with van der Waals surface area (Å²) in [6.45, 7) is 0. The number of Topliss-reactive ketones (excluding diaryl/α,β-unsaturated/α-hetero) is 1. The molecule has 3 aromatic carbocycles. The van der Waals surface area contributed by atoms with Crippen LogP contribution in [-0.2, 0) is 19.3 Å². The third-order valence-electron chi connectivity index (χ3n) is 9.15. The van der Waals surface area contributed by atoms with Gasteiger partial charge in [-0.15, -0.1) is 13.2 Å². The predicted molar refractivity (Wildman–Crippen MR) is 150 cm³/mol. The molecule has 0 radical (unpaired) electrons. The molecule has 1 fully saturated rings. The summed E-state index contributed by atoms with van der Waals surface area (Å²) in [4.78, 5) is 14.2. The van der Waals surface area contributed by atoms with Crippen molar-refractivity contribution in [1.82, 2.24) is 0 Å². The molecule has 2 aliphatic rings. The number of alkyl halides is 3. The molecule has 0 bridgehead atoms. The maximum atomic E-state index is 14.2. The highest BCUT2D eigenvalue weighted by Gasteiger charge is 2.45. The van der Waals surface area contributed by atoms with Crippen molar-refractivity contribution in [3.63, 3.8) is 0 Å². The first-order chi connectivity index (χ1) is 19.3. The van der Waals surface area contributed by atoms with E-state index in [2.05, 4.69) is 22.9 Å². The lowest BCUT2D eigenvalue weighted by atomic mass is 9.57. The summed E-state index contributed by atoms with van der Waals surface area (Å²) in [5.41, 5.74) is 3.71. The van der Waals surface area contributed by atoms with E-state index >= 15 is 0 Å². The number of benzene rings is 3. The number of carbonyl (C=O) groups excluding carboxylic acids is 1. The number of halogens is 3. The first kappa shape index (κ1) is 28.3. The third-order valence-corrected chi connectivity index (χ3v) is 9.15. The Morgan fingerprint density at radius 2 is 1.60 bits per heavy atom. The molecule has 0 aliphatic heterocycles. The molecule has 6 heteroatoms. The number of carbonyl (C=O) groups is 1. The van der Waals surface area contributed by atoms with Crippen LogP contribution in [0.15, 0.2) is 72.8 Å². The summed E-state index contributed by atoms with van der Waals surface area (Å²) in [7, 11) is 1.65. The molecule has 0 heterocycles. The van der Waals surface area contributed by atoms with Crippen LogP contribution in [0.3, 0.4) is 0 Å². The number of ketones is 1. The summed E-state index contributed by atoms with van der Waals surface area (Å²) >= 11 is 0. The van der Waals surface area contributed by atoms with Crippen LogP contribution in [0.2, 0.25) is 0 Å². The second-order valence-corrected chi connectivity index (χ2v) is 11.5. The molecular formula is C34H37F3O3. The van der Waals surface area contributed by atoms with Crippen LogP contribution in [0.1, 0.15) is 72.0 Å². The zero-order chi connectivity index (χ0) is 28.2. The van der Waals surface area contributed by atoms with Crippen molar-refractivity contribution in [2.75, 3.05) is 7.11 Å². The maximum absolute atomic E-state index is 14.2. The molecule has 1 saturated carbocycles. The van der Waals surface area contributed by atoms with Gasteiger partial charge in [0.2, 0.25) is 0 Å². The van der Waals surface area contributed by atoms with Crippen LogP contribution >= 0.6 is 0 Å². The van der Waals surface area contributed by atoms with Crippen molar-refractivity contribution >= 4 is 5.78 Å². The third kappa shape index (κ3) is 6.54. The molecule has 3 aromatic rings. The Balaban J connectivity index is 1.35. The number of hydrogen-bond acceptors (Lipinski definition) is 3. The molecule has 2 aliphatic carbocycles. The van der Waals surface area contributed by atoms with Crippen LogP contribution in [0, 0.1) is 17.3 Å². The van der Waals surface area contributed by atoms with E-state index in [1.165, 1.54) is 11.6 Å². The molecule has 3 nitrogen and oxygen atoms in total. The predicted octanol–water partition coefficient (Wildman–Crippen LogP) is 8.78. The number of para-hydroxylation sites is 1. The van der Waals surface area contributed by atoms with Gasteiger partial charge >= 0.3 is 6.36 Å². The van der Waals surface area contributed by atoms with Crippen molar-refractivity contribution in [1.29, 1.82) is 0 Å². The fourth-order valence-corrected chi connectivity index (χ4v) is 7.05. The molecule has 0 aromatic heterocycles. The SMILES string of the molecule is COc1ccc(CCC2C(=O)c3ccccc3CCCC23CCC(Cc2ccccc2OC(F)(F)F)CC3)cc1. The minimum absolute atomic E-state index is 0.0853. The minimum Gasteiger partial charge on any atom is -0.497 e. The van der Waals surface area contributed by atoms with Gasteiger partial charge in [-0.1, -0.05) is 54.6 Å². The average molecular weight is 551 g/mol. The second kappa shape index (κ2) is 12.1. The molecule has 0 saturated heterocycles. The summed E-state index contributed by atoms with van der Waals surface area (Å²) in [5, 5.41) is 0. The van der Waals surface area contributed by atoms with Crippen LogP contribution in [0.5, 0.6) is 11.5 Å². The van der Waals surface area contributed by atoms with Crippen molar-refractivity contribution in [2.24, 2.45) is 17.3 Å². The van der Waals surface area contributed by atoms with E-state index in [-0.39, 0.29) is 28.8 Å². The zero-order valence-electron chi connectivity index (χ0n) is 23.0. The Morgan fingerprint density at radius 3 is 2.33 bits per heavy atom. The normalized spacial score (nSPS) is 23.2. The zero-order valence-corrected chi connectivity index (χ0v) is 23.0. The van der Waals surface area contributed by atoms with Gasteiger partial charge in [-0.25, -0.2) is 0 Å². The maximum Gasteiger partial charge on any atom is 0.573 e. The summed E-state index contributed by atoms with van der Waals surface area (Å²) in [6, 6.07) is 22.6. The smallest absolute Gasteiger partial charge is 0.497 e. The fraction of sp³-hybridized carbons (Fsp3) is 0.441. The Morgan fingerprint density at radius 1 is 0.900 bits per heavy atom. The lowest BCUT2D eigenvalue weighted by Gasteiger charge is -2.46. The van der Waals surface area contributed by atoms with Gasteiger partial charge in [0.1, 0.15) is 11.5 Å². The lowest BCUT2D eigenvalue weighted by Crippen LogP contribution is -2.41. The number of ether oxygens (including phenoxy) is 2. The molecule has 1 unspecified atom stereocenters. The molecule has 0 N–H and O–H groups in total. The van der Waals surface area contributed by atoms with Crippen molar-refractivity contribution in [3.8, 4) is 11.5 Å². The lowest BCUT2D eigenvalue weighted by molar-refractivity contribution is -0.274. The van der Waals surface area contributed by atoms with Gasteiger partial charge < -0.3 is 9.47 Å². The van der Waals surface area contributed by atoms with Crippen molar-refractivity contribution in [2.45, 2.75) is 70.6 Å². The summed E-state index contributed by atoms with van der Waals surface area (Å²) < 4.78 is 48.5. The quantitative estimate of drug-likeness (QED) is 0.295. The highest BCUT2D eigenvalue weighted by atomic mass is 19.4. The van der Waals surface area contributed by atoms with E-state index < -0.39 is 6.36 Å². The number of methoxy groups -OCH3 is 1. The molecule has 0 amide bonds. The van der Waals surface area contributed by atoms with Gasteiger partial charge in [-0.2, -0.15) is 0 Å². The Bertz CT molecular complexity index is 1290. The van der Waals surface area contributed by atoms with Gasteiger partial charge in [0.15, 0.2) is 5.78 Å². The molecule has 5 rings (SSSR count). The van der Waals surface area contributed by atoms with E-state index in [9.17, 15) is 18.0 Å². The van der Waals surface area contributed by atoms with Crippen LogP contribution in [0.25, 0.3) is 0 Å².